The quantitative estimate of drug-likeness (QED) is 0.917. The van der Waals surface area contributed by atoms with Crippen molar-refractivity contribution in [3.05, 3.63) is 34.9 Å². The highest BCUT2D eigenvalue weighted by atomic mass is 32.2. The molecular weight excluding hydrogens is 306 g/mol. The molecule has 2 aromatic rings. The third-order valence-electron chi connectivity index (χ3n) is 4.16. The number of nitrogens with zero attached hydrogens (tertiary/aromatic N) is 2. The molecule has 1 aliphatic rings. The minimum Gasteiger partial charge on any atom is -0.339 e. The van der Waals surface area contributed by atoms with Crippen molar-refractivity contribution >= 4 is 21.4 Å². The van der Waals surface area contributed by atoms with Crippen LogP contribution in [0.15, 0.2) is 35.1 Å². The summed E-state index contributed by atoms with van der Waals surface area (Å²) >= 11 is 1.71. The third-order valence-corrected chi connectivity index (χ3v) is 6.56. The molecule has 21 heavy (non-hydrogen) atoms. The summed E-state index contributed by atoms with van der Waals surface area (Å²) in [6.45, 7) is 0.451. The summed E-state index contributed by atoms with van der Waals surface area (Å²) in [4.78, 5) is 5.21. The number of imidazole rings is 1. The van der Waals surface area contributed by atoms with Crippen LogP contribution < -0.4 is 4.72 Å². The highest BCUT2D eigenvalue weighted by molar-refractivity contribution is 7.89. The van der Waals surface area contributed by atoms with Crippen LogP contribution in [0.2, 0.25) is 0 Å². The molecule has 1 aliphatic carbocycles. The molecule has 1 fully saturated rings. The average Bonchev–Trinajstić information content (AvgIpc) is 3.18. The number of thiophene rings is 1. The lowest BCUT2D eigenvalue weighted by molar-refractivity contribution is 0.440. The fraction of sp³-hybridized carbons (Fsp3) is 0.500. The number of rotatable bonds is 5. The molecule has 0 amide bonds. The van der Waals surface area contributed by atoms with E-state index in [4.69, 9.17) is 0 Å². The Morgan fingerprint density at radius 1 is 1.43 bits per heavy atom. The summed E-state index contributed by atoms with van der Waals surface area (Å²) in [5.41, 5.74) is -0.0456. The lowest BCUT2D eigenvalue weighted by atomic mass is 9.85. The fourth-order valence-corrected chi connectivity index (χ4v) is 5.07. The first-order valence-corrected chi connectivity index (χ1v) is 9.40. The fourth-order valence-electron chi connectivity index (χ4n) is 2.98. The largest absolute Gasteiger partial charge is 0.339 e. The minimum absolute atomic E-state index is 0.0456. The van der Waals surface area contributed by atoms with Gasteiger partial charge in [0.15, 0.2) is 5.03 Å². The molecular formula is C14H19N3O2S2. The van der Waals surface area contributed by atoms with E-state index in [1.165, 1.54) is 17.4 Å². The van der Waals surface area contributed by atoms with Gasteiger partial charge in [0.2, 0.25) is 0 Å². The van der Waals surface area contributed by atoms with Crippen molar-refractivity contribution in [1.29, 1.82) is 0 Å². The zero-order valence-electron chi connectivity index (χ0n) is 11.9. The first kappa shape index (κ1) is 14.7. The number of aromatic nitrogens is 2. The zero-order chi connectivity index (χ0) is 14.9. The van der Waals surface area contributed by atoms with Gasteiger partial charge in [-0.2, -0.15) is 0 Å². The second-order valence-electron chi connectivity index (χ2n) is 5.67. The van der Waals surface area contributed by atoms with Gasteiger partial charge in [0.05, 0.1) is 6.33 Å². The van der Waals surface area contributed by atoms with Gasteiger partial charge in [0.25, 0.3) is 10.0 Å². The predicted octanol–water partition coefficient (Wildman–Crippen LogP) is 2.27. The summed E-state index contributed by atoms with van der Waals surface area (Å²) in [5, 5.41) is 2.15. The summed E-state index contributed by atoms with van der Waals surface area (Å²) in [6.07, 6.45) is 7.41. The van der Waals surface area contributed by atoms with Crippen molar-refractivity contribution in [1.82, 2.24) is 14.3 Å². The molecule has 0 aliphatic heterocycles. The molecule has 0 spiro atoms. The Kier molecular flexibility index (Phi) is 3.90. The summed E-state index contributed by atoms with van der Waals surface area (Å²) < 4.78 is 29.1. The van der Waals surface area contributed by atoms with Gasteiger partial charge < -0.3 is 4.57 Å². The van der Waals surface area contributed by atoms with Gasteiger partial charge in [-0.15, -0.1) is 11.3 Å². The maximum atomic E-state index is 12.3. The molecule has 0 saturated heterocycles. The molecule has 1 N–H and O–H groups in total. The highest BCUT2D eigenvalue weighted by Gasteiger charge is 2.37. The number of hydrogen-bond donors (Lipinski definition) is 1. The molecule has 1 saturated carbocycles. The van der Waals surface area contributed by atoms with E-state index in [9.17, 15) is 8.42 Å². The van der Waals surface area contributed by atoms with Crippen molar-refractivity contribution < 1.29 is 8.42 Å². The Labute approximate surface area is 129 Å². The van der Waals surface area contributed by atoms with Gasteiger partial charge in [-0.05, 0) is 24.3 Å². The van der Waals surface area contributed by atoms with E-state index in [2.05, 4.69) is 21.2 Å². The summed E-state index contributed by atoms with van der Waals surface area (Å²) in [7, 11) is -1.77. The van der Waals surface area contributed by atoms with Crippen molar-refractivity contribution in [3.63, 3.8) is 0 Å². The van der Waals surface area contributed by atoms with E-state index in [1.54, 1.807) is 23.0 Å². The molecule has 3 rings (SSSR count). The number of hydrogen-bond acceptors (Lipinski definition) is 4. The van der Waals surface area contributed by atoms with Crippen molar-refractivity contribution in [2.75, 3.05) is 6.54 Å². The second kappa shape index (κ2) is 5.55. The van der Waals surface area contributed by atoms with Crippen molar-refractivity contribution in [2.45, 2.75) is 36.1 Å². The zero-order valence-corrected chi connectivity index (χ0v) is 13.6. The van der Waals surface area contributed by atoms with Crippen LogP contribution in [0.1, 0.15) is 30.6 Å². The molecule has 0 bridgehead atoms. The van der Waals surface area contributed by atoms with Gasteiger partial charge in [-0.25, -0.2) is 18.1 Å². The Morgan fingerprint density at radius 2 is 2.19 bits per heavy atom. The van der Waals surface area contributed by atoms with Crippen LogP contribution in [0, 0.1) is 0 Å². The monoisotopic (exact) mass is 325 g/mol. The van der Waals surface area contributed by atoms with Gasteiger partial charge >= 0.3 is 0 Å². The Balaban J connectivity index is 1.79. The van der Waals surface area contributed by atoms with E-state index in [0.717, 1.165) is 25.7 Å². The third kappa shape index (κ3) is 2.90. The lowest BCUT2D eigenvalue weighted by Crippen LogP contribution is -2.38. The first-order chi connectivity index (χ1) is 10.0. The highest BCUT2D eigenvalue weighted by Crippen LogP contribution is 2.42. The summed E-state index contributed by atoms with van der Waals surface area (Å²) in [6, 6.07) is 4.15. The SMILES string of the molecule is Cn1cnc(S(=O)(=O)NCC2(c3cccs3)CCCC2)c1. The molecule has 5 nitrogen and oxygen atoms in total. The number of sulfonamides is 1. The van der Waals surface area contributed by atoms with Crippen molar-refractivity contribution in [2.24, 2.45) is 7.05 Å². The Bertz CT molecular complexity index is 698. The second-order valence-corrected chi connectivity index (χ2v) is 8.33. The summed E-state index contributed by atoms with van der Waals surface area (Å²) in [5.74, 6) is 0. The predicted molar refractivity (Wildman–Crippen MR) is 82.9 cm³/mol. The molecule has 114 valence electrons. The topological polar surface area (TPSA) is 64.0 Å². The number of aryl methyl sites for hydroxylation is 1. The number of nitrogens with one attached hydrogen (secondary N) is 1. The van der Waals surface area contributed by atoms with Gasteiger partial charge in [0, 0.05) is 30.1 Å². The van der Waals surface area contributed by atoms with E-state index in [1.807, 2.05) is 6.07 Å². The van der Waals surface area contributed by atoms with Crippen LogP contribution in [-0.2, 0) is 22.5 Å². The maximum Gasteiger partial charge on any atom is 0.259 e. The molecule has 0 radical (unpaired) electrons. The van der Waals surface area contributed by atoms with Gasteiger partial charge in [-0.3, -0.25) is 0 Å². The van der Waals surface area contributed by atoms with E-state index in [0.29, 0.717) is 6.54 Å². The van der Waals surface area contributed by atoms with Gasteiger partial charge in [-0.1, -0.05) is 18.9 Å². The van der Waals surface area contributed by atoms with Crippen LogP contribution in [0.4, 0.5) is 0 Å². The Morgan fingerprint density at radius 3 is 2.76 bits per heavy atom. The molecule has 0 unspecified atom stereocenters. The van der Waals surface area contributed by atoms with E-state index in [-0.39, 0.29) is 10.4 Å². The van der Waals surface area contributed by atoms with E-state index < -0.39 is 10.0 Å². The molecule has 2 aromatic heterocycles. The van der Waals surface area contributed by atoms with Crippen molar-refractivity contribution in [3.8, 4) is 0 Å². The Hall–Kier alpha value is -1.18. The molecule has 2 heterocycles. The molecule has 7 heteroatoms. The van der Waals surface area contributed by atoms with Gasteiger partial charge in [0.1, 0.15) is 0 Å². The minimum atomic E-state index is -3.53. The normalized spacial score (nSPS) is 18.1. The molecule has 0 aromatic carbocycles. The van der Waals surface area contributed by atoms with Crippen LogP contribution in [0.3, 0.4) is 0 Å². The lowest BCUT2D eigenvalue weighted by Gasteiger charge is -2.27. The van der Waals surface area contributed by atoms with E-state index >= 15 is 0 Å². The first-order valence-electron chi connectivity index (χ1n) is 7.04. The standard InChI is InChI=1S/C14H19N3O2S2/c1-17-9-13(15-11-17)21(18,19)16-10-14(6-2-3-7-14)12-5-4-8-20-12/h4-5,8-9,11,16H,2-3,6-7,10H2,1H3. The average molecular weight is 325 g/mol. The maximum absolute atomic E-state index is 12.3. The van der Waals surface area contributed by atoms with Crippen LogP contribution in [0.25, 0.3) is 0 Å². The van der Waals surface area contributed by atoms with Crippen LogP contribution in [0.5, 0.6) is 0 Å². The molecule has 0 atom stereocenters. The van der Waals surface area contributed by atoms with Crippen LogP contribution in [-0.4, -0.2) is 24.5 Å². The smallest absolute Gasteiger partial charge is 0.259 e. The van der Waals surface area contributed by atoms with Crippen LogP contribution >= 0.6 is 11.3 Å².